The van der Waals surface area contributed by atoms with Gasteiger partial charge in [-0.15, -0.1) is 0 Å². The molecule has 0 fully saturated rings. The maximum Gasteiger partial charge on any atom is 0.114 e. The van der Waals surface area contributed by atoms with Crippen LogP contribution in [0.15, 0.2) is 42.5 Å². The van der Waals surface area contributed by atoms with Gasteiger partial charge in [0.2, 0.25) is 0 Å². The first-order valence-electron chi connectivity index (χ1n) is 7.41. The molecule has 3 heteroatoms. The second kappa shape index (κ2) is 5.70. The SMILES string of the molecule is CCc1nc2c(C)cccc2n1-c1ccc(CCO)cc1. The van der Waals surface area contributed by atoms with E-state index in [-0.39, 0.29) is 6.61 Å². The van der Waals surface area contributed by atoms with Gasteiger partial charge < -0.3 is 5.11 Å². The van der Waals surface area contributed by atoms with Crippen LogP contribution in [-0.4, -0.2) is 21.3 Å². The monoisotopic (exact) mass is 280 g/mol. The molecule has 0 unspecified atom stereocenters. The van der Waals surface area contributed by atoms with E-state index in [1.807, 2.05) is 0 Å². The van der Waals surface area contributed by atoms with Gasteiger partial charge in [-0.2, -0.15) is 0 Å². The van der Waals surface area contributed by atoms with E-state index in [9.17, 15) is 0 Å². The number of aromatic nitrogens is 2. The summed E-state index contributed by atoms with van der Waals surface area (Å²) in [6.07, 6.45) is 1.59. The van der Waals surface area contributed by atoms with E-state index in [0.717, 1.165) is 34.5 Å². The van der Waals surface area contributed by atoms with Crippen LogP contribution in [0, 0.1) is 6.92 Å². The summed E-state index contributed by atoms with van der Waals surface area (Å²) in [5.41, 5.74) is 5.72. The van der Waals surface area contributed by atoms with Gasteiger partial charge in [0.15, 0.2) is 0 Å². The smallest absolute Gasteiger partial charge is 0.114 e. The van der Waals surface area contributed by atoms with Gasteiger partial charge in [-0.3, -0.25) is 4.57 Å². The van der Waals surface area contributed by atoms with E-state index in [1.165, 1.54) is 5.56 Å². The Morgan fingerprint density at radius 1 is 1.10 bits per heavy atom. The standard InChI is InChI=1S/C18H20N2O/c1-3-17-19-18-13(2)5-4-6-16(18)20(17)15-9-7-14(8-10-15)11-12-21/h4-10,21H,3,11-12H2,1-2H3. The van der Waals surface area contributed by atoms with Crippen molar-refractivity contribution >= 4 is 11.0 Å². The number of imidazole rings is 1. The molecule has 0 saturated heterocycles. The Morgan fingerprint density at radius 2 is 1.86 bits per heavy atom. The van der Waals surface area contributed by atoms with Crippen LogP contribution in [-0.2, 0) is 12.8 Å². The van der Waals surface area contributed by atoms with E-state index in [1.54, 1.807) is 0 Å². The average Bonchev–Trinajstić information content (AvgIpc) is 2.88. The van der Waals surface area contributed by atoms with E-state index < -0.39 is 0 Å². The fourth-order valence-corrected chi connectivity index (χ4v) is 2.75. The molecule has 1 aromatic heterocycles. The Hall–Kier alpha value is -2.13. The minimum atomic E-state index is 0.187. The van der Waals surface area contributed by atoms with Gasteiger partial charge in [0.1, 0.15) is 5.82 Å². The van der Waals surface area contributed by atoms with E-state index in [2.05, 4.69) is 60.9 Å². The number of nitrogens with zero attached hydrogens (tertiary/aromatic N) is 2. The van der Waals surface area contributed by atoms with Crippen molar-refractivity contribution in [2.45, 2.75) is 26.7 Å². The first-order valence-corrected chi connectivity index (χ1v) is 7.41. The second-order valence-corrected chi connectivity index (χ2v) is 5.30. The number of fused-ring (bicyclic) bond motifs is 1. The molecule has 108 valence electrons. The molecule has 2 aromatic carbocycles. The maximum absolute atomic E-state index is 9.01. The molecule has 3 aromatic rings. The normalized spacial score (nSPS) is 11.2. The van der Waals surface area contributed by atoms with Crippen molar-refractivity contribution in [1.82, 2.24) is 9.55 Å². The predicted octanol–water partition coefficient (Wildman–Crippen LogP) is 3.43. The fourth-order valence-electron chi connectivity index (χ4n) is 2.75. The van der Waals surface area contributed by atoms with Gasteiger partial charge in [-0.05, 0) is 42.7 Å². The van der Waals surface area contributed by atoms with Gasteiger partial charge in [-0.1, -0.05) is 31.2 Å². The second-order valence-electron chi connectivity index (χ2n) is 5.30. The lowest BCUT2D eigenvalue weighted by atomic mass is 10.1. The number of benzene rings is 2. The van der Waals surface area contributed by atoms with Crippen LogP contribution in [0.5, 0.6) is 0 Å². The molecule has 0 radical (unpaired) electrons. The third-order valence-corrected chi connectivity index (χ3v) is 3.87. The number of aliphatic hydroxyl groups excluding tert-OH is 1. The Bertz CT molecular complexity index is 757. The Balaban J connectivity index is 2.16. The minimum Gasteiger partial charge on any atom is -0.396 e. The molecule has 3 rings (SSSR count). The molecular formula is C18H20N2O. The lowest BCUT2D eigenvalue weighted by Crippen LogP contribution is -2.00. The lowest BCUT2D eigenvalue weighted by Gasteiger charge is -2.09. The number of aryl methyl sites for hydroxylation is 2. The van der Waals surface area contributed by atoms with Crippen LogP contribution in [0.3, 0.4) is 0 Å². The quantitative estimate of drug-likeness (QED) is 0.795. The number of aliphatic hydroxyl groups is 1. The van der Waals surface area contributed by atoms with Gasteiger partial charge in [0.25, 0.3) is 0 Å². The molecule has 0 spiro atoms. The van der Waals surface area contributed by atoms with E-state index >= 15 is 0 Å². The summed E-state index contributed by atoms with van der Waals surface area (Å²) < 4.78 is 2.23. The van der Waals surface area contributed by atoms with Crippen molar-refractivity contribution in [3.05, 3.63) is 59.4 Å². The number of hydrogen-bond donors (Lipinski definition) is 1. The highest BCUT2D eigenvalue weighted by Gasteiger charge is 2.12. The first kappa shape index (κ1) is 13.8. The number of rotatable bonds is 4. The molecular weight excluding hydrogens is 260 g/mol. The third-order valence-electron chi connectivity index (χ3n) is 3.87. The Morgan fingerprint density at radius 3 is 2.52 bits per heavy atom. The minimum absolute atomic E-state index is 0.187. The number of hydrogen-bond acceptors (Lipinski definition) is 2. The summed E-state index contributed by atoms with van der Waals surface area (Å²) in [6, 6.07) is 14.7. The maximum atomic E-state index is 9.01. The molecule has 3 nitrogen and oxygen atoms in total. The fraction of sp³-hybridized carbons (Fsp3) is 0.278. The summed E-state index contributed by atoms with van der Waals surface area (Å²) in [5, 5.41) is 9.01. The van der Waals surface area contributed by atoms with Gasteiger partial charge in [0.05, 0.1) is 11.0 Å². The molecule has 0 atom stereocenters. The van der Waals surface area contributed by atoms with Crippen molar-refractivity contribution in [3.63, 3.8) is 0 Å². The largest absolute Gasteiger partial charge is 0.396 e. The van der Waals surface area contributed by atoms with E-state index in [0.29, 0.717) is 6.42 Å². The zero-order valence-corrected chi connectivity index (χ0v) is 12.5. The molecule has 0 aliphatic carbocycles. The molecule has 0 bridgehead atoms. The van der Waals surface area contributed by atoms with Crippen molar-refractivity contribution in [1.29, 1.82) is 0 Å². The number of para-hydroxylation sites is 1. The molecule has 0 saturated carbocycles. The van der Waals surface area contributed by atoms with Crippen molar-refractivity contribution in [3.8, 4) is 5.69 Å². The third kappa shape index (κ3) is 2.45. The van der Waals surface area contributed by atoms with Gasteiger partial charge in [0, 0.05) is 18.7 Å². The van der Waals surface area contributed by atoms with Gasteiger partial charge >= 0.3 is 0 Å². The zero-order valence-electron chi connectivity index (χ0n) is 12.5. The van der Waals surface area contributed by atoms with Crippen LogP contribution < -0.4 is 0 Å². The zero-order chi connectivity index (χ0) is 14.8. The Kier molecular flexibility index (Phi) is 3.76. The highest BCUT2D eigenvalue weighted by molar-refractivity contribution is 5.81. The topological polar surface area (TPSA) is 38.0 Å². The molecule has 21 heavy (non-hydrogen) atoms. The van der Waals surface area contributed by atoms with Crippen LogP contribution in [0.25, 0.3) is 16.7 Å². The summed E-state index contributed by atoms with van der Waals surface area (Å²) in [7, 11) is 0. The molecule has 0 aliphatic heterocycles. The summed E-state index contributed by atoms with van der Waals surface area (Å²) in [5.74, 6) is 1.08. The van der Waals surface area contributed by atoms with Crippen molar-refractivity contribution < 1.29 is 5.11 Å². The van der Waals surface area contributed by atoms with Crippen molar-refractivity contribution in [2.75, 3.05) is 6.61 Å². The molecule has 0 aliphatic rings. The summed E-state index contributed by atoms with van der Waals surface area (Å²) in [6.45, 7) is 4.42. The van der Waals surface area contributed by atoms with Crippen LogP contribution in [0.2, 0.25) is 0 Å². The molecule has 1 N–H and O–H groups in total. The highest BCUT2D eigenvalue weighted by atomic mass is 16.2. The highest BCUT2D eigenvalue weighted by Crippen LogP contribution is 2.24. The van der Waals surface area contributed by atoms with Crippen LogP contribution in [0.1, 0.15) is 23.9 Å². The first-order chi connectivity index (χ1) is 10.2. The van der Waals surface area contributed by atoms with Crippen molar-refractivity contribution in [2.24, 2.45) is 0 Å². The van der Waals surface area contributed by atoms with Gasteiger partial charge in [-0.25, -0.2) is 4.98 Å². The van der Waals surface area contributed by atoms with Crippen LogP contribution in [0.4, 0.5) is 0 Å². The van der Waals surface area contributed by atoms with Crippen LogP contribution >= 0.6 is 0 Å². The predicted molar refractivity (Wildman–Crippen MR) is 86.0 cm³/mol. The molecule has 1 heterocycles. The van der Waals surface area contributed by atoms with E-state index in [4.69, 9.17) is 10.1 Å². The summed E-state index contributed by atoms with van der Waals surface area (Å²) in [4.78, 5) is 4.79. The molecule has 0 amide bonds. The average molecular weight is 280 g/mol. The lowest BCUT2D eigenvalue weighted by molar-refractivity contribution is 0.299. The Labute approximate surface area is 124 Å². The summed E-state index contributed by atoms with van der Waals surface area (Å²) >= 11 is 0.